The number of hydrogen-bond donors (Lipinski definition) is 2. The third kappa shape index (κ3) is 3.52. The molecule has 0 aliphatic carbocycles. The highest BCUT2D eigenvalue weighted by Crippen LogP contribution is 2.40. The molecule has 0 spiro atoms. The van der Waals surface area contributed by atoms with Crippen LogP contribution in [0.2, 0.25) is 5.02 Å². The summed E-state index contributed by atoms with van der Waals surface area (Å²) in [6, 6.07) is 1.17. The van der Waals surface area contributed by atoms with Crippen LogP contribution in [-0.2, 0) is 4.79 Å². The van der Waals surface area contributed by atoms with Gasteiger partial charge in [0.1, 0.15) is 0 Å². The van der Waals surface area contributed by atoms with Crippen molar-refractivity contribution in [3.05, 3.63) is 22.2 Å². The van der Waals surface area contributed by atoms with E-state index >= 15 is 0 Å². The zero-order valence-corrected chi connectivity index (χ0v) is 12.0. The molecule has 0 fully saturated rings. The number of methoxy groups -OCH3 is 2. The third-order valence-electron chi connectivity index (χ3n) is 2.95. The van der Waals surface area contributed by atoms with E-state index in [0.29, 0.717) is 28.5 Å². The van der Waals surface area contributed by atoms with Gasteiger partial charge < -0.3 is 20.3 Å². The first-order valence-electron chi connectivity index (χ1n) is 5.80. The molecular formula is C13H18ClNO4. The lowest BCUT2D eigenvalue weighted by Crippen LogP contribution is -2.15. The van der Waals surface area contributed by atoms with E-state index in [9.17, 15) is 4.79 Å². The van der Waals surface area contributed by atoms with Gasteiger partial charge in [-0.15, -0.1) is 0 Å². The van der Waals surface area contributed by atoms with Gasteiger partial charge in [-0.3, -0.25) is 4.79 Å². The molecule has 1 rings (SSSR count). The van der Waals surface area contributed by atoms with Crippen LogP contribution in [-0.4, -0.2) is 25.3 Å². The average Bonchev–Trinajstić information content (AvgIpc) is 2.35. The van der Waals surface area contributed by atoms with Gasteiger partial charge in [-0.2, -0.15) is 0 Å². The predicted octanol–water partition coefficient (Wildman–Crippen LogP) is 2.53. The third-order valence-corrected chi connectivity index (χ3v) is 3.26. The second-order valence-corrected chi connectivity index (χ2v) is 4.58. The largest absolute Gasteiger partial charge is 0.493 e. The number of halogens is 1. The topological polar surface area (TPSA) is 81.8 Å². The fourth-order valence-corrected chi connectivity index (χ4v) is 2.41. The smallest absolute Gasteiger partial charge is 0.303 e. The lowest BCUT2D eigenvalue weighted by atomic mass is 9.97. The Morgan fingerprint density at radius 1 is 1.47 bits per heavy atom. The SMILES string of the molecule is COc1cc(Cl)c(C(N)CCC(=O)O)c(C)c1OC. The summed E-state index contributed by atoms with van der Waals surface area (Å²) in [6.45, 7) is 1.82. The van der Waals surface area contributed by atoms with Gasteiger partial charge in [0.25, 0.3) is 0 Å². The second kappa shape index (κ2) is 6.63. The summed E-state index contributed by atoms with van der Waals surface area (Å²) >= 11 is 6.19. The van der Waals surface area contributed by atoms with Gasteiger partial charge in [0.05, 0.1) is 14.2 Å². The Balaban J connectivity index is 3.16. The first kappa shape index (κ1) is 15.6. The Kier molecular flexibility index (Phi) is 5.44. The summed E-state index contributed by atoms with van der Waals surface area (Å²) < 4.78 is 10.5. The van der Waals surface area contributed by atoms with Crippen molar-refractivity contribution in [3.8, 4) is 11.5 Å². The summed E-state index contributed by atoms with van der Waals surface area (Å²) in [4.78, 5) is 10.6. The number of carbonyl (C=O) groups is 1. The quantitative estimate of drug-likeness (QED) is 0.840. The van der Waals surface area contributed by atoms with Crippen molar-refractivity contribution in [2.75, 3.05) is 14.2 Å². The van der Waals surface area contributed by atoms with Gasteiger partial charge in [0.15, 0.2) is 11.5 Å². The van der Waals surface area contributed by atoms with Crippen LogP contribution >= 0.6 is 11.6 Å². The zero-order valence-electron chi connectivity index (χ0n) is 11.2. The zero-order chi connectivity index (χ0) is 14.6. The Morgan fingerprint density at radius 2 is 2.11 bits per heavy atom. The van der Waals surface area contributed by atoms with Crippen molar-refractivity contribution in [2.45, 2.75) is 25.8 Å². The van der Waals surface area contributed by atoms with Gasteiger partial charge in [0, 0.05) is 29.1 Å². The van der Waals surface area contributed by atoms with Crippen LogP contribution in [0.25, 0.3) is 0 Å². The van der Waals surface area contributed by atoms with Crippen molar-refractivity contribution < 1.29 is 19.4 Å². The van der Waals surface area contributed by atoms with Crippen molar-refractivity contribution in [1.82, 2.24) is 0 Å². The highest BCUT2D eigenvalue weighted by atomic mass is 35.5. The number of rotatable bonds is 6. The van der Waals surface area contributed by atoms with Crippen molar-refractivity contribution in [3.63, 3.8) is 0 Å². The maximum Gasteiger partial charge on any atom is 0.303 e. The fourth-order valence-electron chi connectivity index (χ4n) is 2.03. The molecule has 0 aliphatic heterocycles. The maximum absolute atomic E-state index is 10.6. The van der Waals surface area contributed by atoms with Crippen molar-refractivity contribution in [2.24, 2.45) is 5.73 Å². The first-order chi connectivity index (χ1) is 8.92. The molecule has 0 heterocycles. The van der Waals surface area contributed by atoms with Crippen LogP contribution in [0.3, 0.4) is 0 Å². The highest BCUT2D eigenvalue weighted by Gasteiger charge is 2.20. The normalized spacial score (nSPS) is 12.1. The average molecular weight is 288 g/mol. The number of ether oxygens (including phenoxy) is 2. The summed E-state index contributed by atoms with van der Waals surface area (Å²) in [5.74, 6) is 0.205. The van der Waals surface area contributed by atoms with E-state index in [2.05, 4.69) is 0 Å². The molecule has 5 nitrogen and oxygen atoms in total. The fraction of sp³-hybridized carbons (Fsp3) is 0.462. The Hall–Kier alpha value is -1.46. The number of aliphatic carboxylic acids is 1. The van der Waals surface area contributed by atoms with E-state index < -0.39 is 12.0 Å². The summed E-state index contributed by atoms with van der Waals surface area (Å²) in [5, 5.41) is 9.15. The molecule has 6 heteroatoms. The minimum absolute atomic E-state index is 0.00865. The maximum atomic E-state index is 10.6. The highest BCUT2D eigenvalue weighted by molar-refractivity contribution is 6.31. The van der Waals surface area contributed by atoms with Gasteiger partial charge in [-0.1, -0.05) is 11.6 Å². The molecule has 19 heavy (non-hydrogen) atoms. The standard InChI is InChI=1S/C13H18ClNO4/c1-7-12(9(15)4-5-11(16)17)8(14)6-10(18-2)13(7)19-3/h6,9H,4-5,15H2,1-3H3,(H,16,17). The van der Waals surface area contributed by atoms with Crippen LogP contribution < -0.4 is 15.2 Å². The van der Waals surface area contributed by atoms with Crippen LogP contribution in [0.5, 0.6) is 11.5 Å². The predicted molar refractivity (Wildman–Crippen MR) is 73.1 cm³/mol. The van der Waals surface area contributed by atoms with Crippen LogP contribution in [0, 0.1) is 6.92 Å². The van der Waals surface area contributed by atoms with Crippen LogP contribution in [0.15, 0.2) is 6.07 Å². The monoisotopic (exact) mass is 287 g/mol. The minimum Gasteiger partial charge on any atom is -0.493 e. The lowest BCUT2D eigenvalue weighted by Gasteiger charge is -2.20. The number of carboxylic acids is 1. The molecule has 3 N–H and O–H groups in total. The van der Waals surface area contributed by atoms with Crippen molar-refractivity contribution >= 4 is 17.6 Å². The Bertz CT molecular complexity index is 476. The molecular weight excluding hydrogens is 270 g/mol. The van der Waals surface area contributed by atoms with E-state index in [1.165, 1.54) is 14.2 Å². The van der Waals surface area contributed by atoms with Crippen LogP contribution in [0.1, 0.15) is 30.0 Å². The molecule has 1 atom stereocenters. The molecule has 1 aromatic rings. The number of nitrogens with two attached hydrogens (primary N) is 1. The summed E-state index contributed by atoms with van der Waals surface area (Å²) in [5.41, 5.74) is 7.48. The van der Waals surface area contributed by atoms with Gasteiger partial charge >= 0.3 is 5.97 Å². The van der Waals surface area contributed by atoms with Crippen LogP contribution in [0.4, 0.5) is 0 Å². The summed E-state index contributed by atoms with van der Waals surface area (Å²) in [7, 11) is 3.06. The van der Waals surface area contributed by atoms with E-state index in [-0.39, 0.29) is 6.42 Å². The molecule has 1 unspecified atom stereocenters. The van der Waals surface area contributed by atoms with Gasteiger partial charge in [-0.25, -0.2) is 0 Å². The number of hydrogen-bond acceptors (Lipinski definition) is 4. The van der Waals surface area contributed by atoms with Gasteiger partial charge in [-0.05, 0) is 18.9 Å². The molecule has 1 aromatic carbocycles. The Labute approximate surface area is 117 Å². The lowest BCUT2D eigenvalue weighted by molar-refractivity contribution is -0.137. The summed E-state index contributed by atoms with van der Waals surface area (Å²) in [6.07, 6.45) is 0.302. The van der Waals surface area contributed by atoms with Gasteiger partial charge in [0.2, 0.25) is 0 Å². The van der Waals surface area contributed by atoms with E-state index in [1.807, 2.05) is 6.92 Å². The molecule has 0 saturated heterocycles. The minimum atomic E-state index is -0.885. The Morgan fingerprint density at radius 3 is 2.58 bits per heavy atom. The molecule has 0 aliphatic rings. The van der Waals surface area contributed by atoms with E-state index in [1.54, 1.807) is 6.07 Å². The molecule has 0 radical (unpaired) electrons. The molecule has 0 saturated carbocycles. The van der Waals surface area contributed by atoms with Crippen molar-refractivity contribution in [1.29, 1.82) is 0 Å². The van der Waals surface area contributed by atoms with E-state index in [0.717, 1.165) is 5.56 Å². The molecule has 106 valence electrons. The molecule has 0 aromatic heterocycles. The van der Waals surface area contributed by atoms with E-state index in [4.69, 9.17) is 31.9 Å². The first-order valence-corrected chi connectivity index (χ1v) is 6.18. The molecule has 0 amide bonds. The molecule has 0 bridgehead atoms. The number of benzene rings is 1. The number of carboxylic acid groups (broad SMARTS) is 1. The second-order valence-electron chi connectivity index (χ2n) is 4.17.